The van der Waals surface area contributed by atoms with Crippen LogP contribution >= 0.6 is 27.5 Å². The van der Waals surface area contributed by atoms with E-state index in [0.29, 0.717) is 17.2 Å². The summed E-state index contributed by atoms with van der Waals surface area (Å²) in [5, 5.41) is 9.69. The Morgan fingerprint density at radius 1 is 1.32 bits per heavy atom. The number of benzene rings is 1. The lowest BCUT2D eigenvalue weighted by atomic mass is 10.1. The number of phenols is 1. The maximum atomic E-state index is 9.43. The third-order valence-corrected chi connectivity index (χ3v) is 3.77. The third kappa shape index (κ3) is 2.82. The van der Waals surface area contributed by atoms with Crippen molar-refractivity contribution in [1.29, 1.82) is 0 Å². The molecule has 0 amide bonds. The number of aromatic hydroxyl groups is 1. The van der Waals surface area contributed by atoms with E-state index in [1.807, 2.05) is 13.8 Å². The zero-order valence-corrected chi connectivity index (χ0v) is 12.8. The highest BCUT2D eigenvalue weighted by Gasteiger charge is 2.14. The molecule has 0 saturated carbocycles. The molecule has 4 nitrogen and oxygen atoms in total. The molecular weight excluding hydrogens is 330 g/mol. The summed E-state index contributed by atoms with van der Waals surface area (Å²) in [6.07, 6.45) is 0. The predicted molar refractivity (Wildman–Crippen MR) is 80.3 cm³/mol. The van der Waals surface area contributed by atoms with Crippen molar-refractivity contribution in [2.45, 2.75) is 19.8 Å². The van der Waals surface area contributed by atoms with E-state index in [0.717, 1.165) is 10.2 Å². The van der Waals surface area contributed by atoms with Crippen molar-refractivity contribution in [2.24, 2.45) is 0 Å². The fourth-order valence-corrected chi connectivity index (χ4v) is 2.46. The molecule has 0 aliphatic heterocycles. The second-order valence-electron chi connectivity index (χ2n) is 4.45. The summed E-state index contributed by atoms with van der Waals surface area (Å²) < 4.78 is 0.719. The third-order valence-electron chi connectivity index (χ3n) is 2.66. The Morgan fingerprint density at radius 3 is 2.58 bits per heavy atom. The highest BCUT2D eigenvalue weighted by molar-refractivity contribution is 9.10. The lowest BCUT2D eigenvalue weighted by molar-refractivity contribution is 0.475. The number of phenolic OH excluding ortho intramolecular Hbond substituents is 1. The van der Waals surface area contributed by atoms with Crippen molar-refractivity contribution < 1.29 is 5.11 Å². The van der Waals surface area contributed by atoms with E-state index in [2.05, 4.69) is 25.9 Å². The van der Waals surface area contributed by atoms with Gasteiger partial charge in [-0.15, -0.1) is 0 Å². The molecule has 100 valence electrons. The number of hydrogen-bond acceptors (Lipinski definition) is 4. The van der Waals surface area contributed by atoms with Crippen LogP contribution in [0.15, 0.2) is 22.7 Å². The molecule has 0 spiro atoms. The van der Waals surface area contributed by atoms with Crippen LogP contribution in [0, 0.1) is 0 Å². The molecule has 6 heteroatoms. The topological polar surface area (TPSA) is 72.0 Å². The molecule has 0 aliphatic carbocycles. The Balaban J connectivity index is 2.59. The largest absolute Gasteiger partial charge is 0.506 e. The highest BCUT2D eigenvalue weighted by Crippen LogP contribution is 2.32. The number of nitrogens with two attached hydrogens (primary N) is 1. The van der Waals surface area contributed by atoms with Crippen molar-refractivity contribution in [3.05, 3.63) is 33.4 Å². The molecule has 0 aliphatic rings. The van der Waals surface area contributed by atoms with Crippen LogP contribution in [0.1, 0.15) is 25.5 Å². The first-order valence-corrected chi connectivity index (χ1v) is 6.89. The van der Waals surface area contributed by atoms with Gasteiger partial charge >= 0.3 is 0 Å². The summed E-state index contributed by atoms with van der Waals surface area (Å²) in [4.78, 5) is 8.73. The van der Waals surface area contributed by atoms with Crippen molar-refractivity contribution in [3.63, 3.8) is 0 Å². The molecule has 19 heavy (non-hydrogen) atoms. The van der Waals surface area contributed by atoms with Crippen LogP contribution < -0.4 is 5.73 Å². The average molecular weight is 343 g/mol. The smallest absolute Gasteiger partial charge is 0.161 e. The Bertz CT molecular complexity index is 632. The van der Waals surface area contributed by atoms with Gasteiger partial charge in [-0.1, -0.05) is 25.4 Å². The Kier molecular flexibility index (Phi) is 3.96. The minimum Gasteiger partial charge on any atom is -0.506 e. The summed E-state index contributed by atoms with van der Waals surface area (Å²) in [6, 6.07) is 4.83. The van der Waals surface area contributed by atoms with E-state index in [-0.39, 0.29) is 16.7 Å². The van der Waals surface area contributed by atoms with Gasteiger partial charge in [-0.25, -0.2) is 9.97 Å². The van der Waals surface area contributed by atoms with Gasteiger partial charge in [-0.3, -0.25) is 0 Å². The molecule has 1 aromatic heterocycles. The second kappa shape index (κ2) is 5.35. The quantitative estimate of drug-likeness (QED) is 0.866. The van der Waals surface area contributed by atoms with Crippen LogP contribution in [-0.4, -0.2) is 15.1 Å². The molecule has 3 N–H and O–H groups in total. The number of rotatable bonds is 2. The number of hydrogen-bond donors (Lipinski definition) is 2. The summed E-state index contributed by atoms with van der Waals surface area (Å²) in [7, 11) is 0. The number of anilines is 1. The molecule has 0 saturated heterocycles. The van der Waals surface area contributed by atoms with Crippen LogP contribution in [0.25, 0.3) is 11.4 Å². The number of nitrogen functional groups attached to an aromatic ring is 1. The summed E-state index contributed by atoms with van der Waals surface area (Å²) in [5.74, 6) is 1.12. The number of aromatic nitrogens is 2. The molecule has 0 atom stereocenters. The molecule has 0 radical (unpaired) electrons. The van der Waals surface area contributed by atoms with Gasteiger partial charge in [0.25, 0.3) is 0 Å². The van der Waals surface area contributed by atoms with Crippen molar-refractivity contribution in [2.75, 3.05) is 5.73 Å². The van der Waals surface area contributed by atoms with E-state index in [1.54, 1.807) is 12.1 Å². The fraction of sp³-hybridized carbons (Fsp3) is 0.231. The highest BCUT2D eigenvalue weighted by atomic mass is 79.9. The minimum absolute atomic E-state index is 0.0274. The van der Waals surface area contributed by atoms with Gasteiger partial charge in [0.05, 0.1) is 15.2 Å². The minimum atomic E-state index is 0.0274. The summed E-state index contributed by atoms with van der Waals surface area (Å²) >= 11 is 9.29. The summed E-state index contributed by atoms with van der Waals surface area (Å²) in [5.41, 5.74) is 7.44. The van der Waals surface area contributed by atoms with Crippen molar-refractivity contribution in [3.8, 4) is 17.1 Å². The average Bonchev–Trinajstić information content (AvgIpc) is 2.35. The van der Waals surface area contributed by atoms with Gasteiger partial charge in [0, 0.05) is 5.56 Å². The van der Waals surface area contributed by atoms with Gasteiger partial charge in [-0.2, -0.15) is 0 Å². The SMILES string of the molecule is CC(C)c1nc(-c2ccc(O)c(Cl)c2)nc(N)c1Br. The maximum absolute atomic E-state index is 9.43. The van der Waals surface area contributed by atoms with Gasteiger partial charge < -0.3 is 10.8 Å². The van der Waals surface area contributed by atoms with E-state index in [1.165, 1.54) is 6.07 Å². The number of nitrogens with zero attached hydrogens (tertiary/aromatic N) is 2. The lowest BCUT2D eigenvalue weighted by Gasteiger charge is -2.11. The first-order valence-electron chi connectivity index (χ1n) is 5.72. The van der Waals surface area contributed by atoms with E-state index in [9.17, 15) is 5.11 Å². The van der Waals surface area contributed by atoms with Crippen LogP contribution in [0.4, 0.5) is 5.82 Å². The summed E-state index contributed by atoms with van der Waals surface area (Å²) in [6.45, 7) is 4.06. The first kappa shape index (κ1) is 14.1. The molecule has 0 fully saturated rings. The second-order valence-corrected chi connectivity index (χ2v) is 5.65. The molecule has 0 bridgehead atoms. The fourth-order valence-electron chi connectivity index (χ4n) is 1.64. The Hall–Kier alpha value is -1.33. The van der Waals surface area contributed by atoms with Gasteiger partial charge in [0.1, 0.15) is 11.6 Å². The molecule has 1 aromatic carbocycles. The van der Waals surface area contributed by atoms with Crippen LogP contribution in [0.3, 0.4) is 0 Å². The maximum Gasteiger partial charge on any atom is 0.161 e. The molecular formula is C13H13BrClN3O. The zero-order chi connectivity index (χ0) is 14.2. The molecule has 0 unspecified atom stereocenters. The molecule has 2 rings (SSSR count). The van der Waals surface area contributed by atoms with Gasteiger partial charge in [0.2, 0.25) is 0 Å². The van der Waals surface area contributed by atoms with Crippen molar-refractivity contribution in [1.82, 2.24) is 9.97 Å². The zero-order valence-electron chi connectivity index (χ0n) is 10.5. The van der Waals surface area contributed by atoms with E-state index in [4.69, 9.17) is 17.3 Å². The number of halogens is 2. The Labute approximate surface area is 124 Å². The predicted octanol–water partition coefficient (Wildman–Crippen LogP) is 3.97. The Morgan fingerprint density at radius 2 is 2.00 bits per heavy atom. The molecule has 2 aromatic rings. The van der Waals surface area contributed by atoms with Gasteiger partial charge in [-0.05, 0) is 40.0 Å². The lowest BCUT2D eigenvalue weighted by Crippen LogP contribution is -2.04. The van der Waals surface area contributed by atoms with Crippen molar-refractivity contribution >= 4 is 33.3 Å². The van der Waals surface area contributed by atoms with E-state index >= 15 is 0 Å². The van der Waals surface area contributed by atoms with Gasteiger partial charge in [0.15, 0.2) is 5.82 Å². The van der Waals surface area contributed by atoms with Crippen LogP contribution in [-0.2, 0) is 0 Å². The standard InChI is InChI=1S/C13H13BrClN3O/c1-6(2)11-10(14)12(16)18-13(17-11)7-3-4-9(19)8(15)5-7/h3-6,19H,1-2H3,(H2,16,17,18). The van der Waals surface area contributed by atoms with Crippen LogP contribution in [0.2, 0.25) is 5.02 Å². The normalized spacial score (nSPS) is 11.0. The van der Waals surface area contributed by atoms with Crippen LogP contribution in [0.5, 0.6) is 5.75 Å². The first-order chi connectivity index (χ1) is 8.90. The monoisotopic (exact) mass is 341 g/mol. The molecule has 1 heterocycles. The van der Waals surface area contributed by atoms with E-state index < -0.39 is 0 Å².